The predicted molar refractivity (Wildman–Crippen MR) is 73.9 cm³/mol. The smallest absolute Gasteiger partial charge is 0.147 e. The summed E-state index contributed by atoms with van der Waals surface area (Å²) < 4.78 is 2.03. The van der Waals surface area contributed by atoms with Crippen LogP contribution in [0.25, 0.3) is 0 Å². The zero-order valence-corrected chi connectivity index (χ0v) is 11.2. The van der Waals surface area contributed by atoms with Crippen molar-refractivity contribution in [2.75, 3.05) is 18.0 Å². The number of nitrogens with zero attached hydrogens (tertiary/aromatic N) is 5. The highest BCUT2D eigenvalue weighted by Crippen LogP contribution is 2.22. The van der Waals surface area contributed by atoms with Gasteiger partial charge in [-0.25, -0.2) is 4.98 Å². The first-order valence-corrected chi connectivity index (χ1v) is 6.82. The molecule has 0 radical (unpaired) electrons. The lowest BCUT2D eigenvalue weighted by Crippen LogP contribution is -2.35. The molecule has 0 N–H and O–H groups in total. The van der Waals surface area contributed by atoms with E-state index in [1.165, 1.54) is 12.8 Å². The summed E-state index contributed by atoms with van der Waals surface area (Å²) in [6.07, 6.45) is 9.98. The monoisotopic (exact) mass is 257 g/mol. The maximum absolute atomic E-state index is 4.45. The van der Waals surface area contributed by atoms with Crippen molar-refractivity contribution in [2.24, 2.45) is 5.92 Å². The molecule has 2 aromatic rings. The molecule has 0 amide bonds. The van der Waals surface area contributed by atoms with E-state index in [1.54, 1.807) is 0 Å². The minimum atomic E-state index is 0.717. The molecule has 0 aliphatic carbocycles. The topological polar surface area (TPSA) is 46.8 Å². The minimum Gasteiger partial charge on any atom is -0.355 e. The van der Waals surface area contributed by atoms with Crippen molar-refractivity contribution in [2.45, 2.75) is 26.3 Å². The number of hydrogen-bond acceptors (Lipinski definition) is 4. The Morgan fingerprint density at radius 3 is 2.68 bits per heavy atom. The number of rotatable bonds is 3. The van der Waals surface area contributed by atoms with Crippen molar-refractivity contribution in [3.63, 3.8) is 0 Å². The molecular formula is C14H19N5. The van der Waals surface area contributed by atoms with E-state index in [0.29, 0.717) is 0 Å². The lowest BCUT2D eigenvalue weighted by atomic mass is 9.97. The first-order valence-electron chi connectivity index (χ1n) is 6.82. The van der Waals surface area contributed by atoms with Crippen LogP contribution < -0.4 is 4.90 Å². The first kappa shape index (κ1) is 12.1. The molecule has 0 atom stereocenters. The number of hydrogen-bond donors (Lipinski definition) is 0. The predicted octanol–water partition coefficient (Wildman–Crippen LogP) is 1.90. The number of aromatic nitrogens is 4. The third-order valence-electron chi connectivity index (χ3n) is 3.71. The molecule has 1 aliphatic heterocycles. The van der Waals surface area contributed by atoms with Gasteiger partial charge in [-0.3, -0.25) is 9.67 Å². The third kappa shape index (κ3) is 2.92. The van der Waals surface area contributed by atoms with Crippen LogP contribution in [0.15, 0.2) is 30.9 Å². The maximum Gasteiger partial charge on any atom is 0.147 e. The van der Waals surface area contributed by atoms with E-state index in [2.05, 4.69) is 20.0 Å². The molecule has 0 spiro atoms. The van der Waals surface area contributed by atoms with Gasteiger partial charge >= 0.3 is 0 Å². The van der Waals surface area contributed by atoms with Gasteiger partial charge in [0.15, 0.2) is 0 Å². The van der Waals surface area contributed by atoms with Crippen LogP contribution in [0.2, 0.25) is 0 Å². The van der Waals surface area contributed by atoms with Crippen molar-refractivity contribution in [1.29, 1.82) is 0 Å². The minimum absolute atomic E-state index is 0.717. The van der Waals surface area contributed by atoms with Crippen molar-refractivity contribution >= 4 is 5.82 Å². The number of aryl methyl sites for hydroxylation is 1. The quantitative estimate of drug-likeness (QED) is 0.842. The molecule has 3 rings (SSSR count). The zero-order chi connectivity index (χ0) is 13.1. The molecule has 1 saturated heterocycles. The van der Waals surface area contributed by atoms with E-state index in [-0.39, 0.29) is 0 Å². The summed E-state index contributed by atoms with van der Waals surface area (Å²) in [5.74, 6) is 1.72. The summed E-state index contributed by atoms with van der Waals surface area (Å²) in [5, 5.41) is 4.28. The molecule has 5 heteroatoms. The fraction of sp³-hybridized carbons (Fsp3) is 0.500. The van der Waals surface area contributed by atoms with E-state index in [0.717, 1.165) is 37.1 Å². The highest BCUT2D eigenvalue weighted by molar-refractivity contribution is 5.36. The Hall–Kier alpha value is -1.91. The van der Waals surface area contributed by atoms with Crippen molar-refractivity contribution in [3.8, 4) is 0 Å². The molecular weight excluding hydrogens is 238 g/mol. The van der Waals surface area contributed by atoms with E-state index >= 15 is 0 Å². The highest BCUT2D eigenvalue weighted by atomic mass is 15.3. The van der Waals surface area contributed by atoms with E-state index in [4.69, 9.17) is 0 Å². The average molecular weight is 257 g/mol. The van der Waals surface area contributed by atoms with Gasteiger partial charge in [0.05, 0.1) is 18.1 Å². The fourth-order valence-corrected chi connectivity index (χ4v) is 2.57. The van der Waals surface area contributed by atoms with Crippen molar-refractivity contribution in [1.82, 2.24) is 19.7 Å². The number of piperidine rings is 1. The SMILES string of the molecule is Cc1cnc(N2CCC(Cn3cccn3)CC2)cn1. The van der Waals surface area contributed by atoms with Crippen LogP contribution >= 0.6 is 0 Å². The second-order valence-corrected chi connectivity index (χ2v) is 5.17. The summed E-state index contributed by atoms with van der Waals surface area (Å²) in [5.41, 5.74) is 0.970. The Balaban J connectivity index is 1.56. The molecule has 0 unspecified atom stereocenters. The van der Waals surface area contributed by atoms with Gasteiger partial charge in [-0.1, -0.05) is 0 Å². The Bertz CT molecular complexity index is 497. The Morgan fingerprint density at radius 1 is 1.21 bits per heavy atom. The molecule has 3 heterocycles. The van der Waals surface area contributed by atoms with Crippen LogP contribution in [0.5, 0.6) is 0 Å². The van der Waals surface area contributed by atoms with Gasteiger partial charge in [-0.15, -0.1) is 0 Å². The second-order valence-electron chi connectivity index (χ2n) is 5.17. The molecule has 0 saturated carbocycles. The van der Waals surface area contributed by atoms with Crippen LogP contribution in [0.3, 0.4) is 0 Å². The number of anilines is 1. The van der Waals surface area contributed by atoms with E-state index in [1.807, 2.05) is 42.5 Å². The molecule has 0 aromatic carbocycles. The maximum atomic E-state index is 4.45. The summed E-state index contributed by atoms with van der Waals surface area (Å²) in [4.78, 5) is 11.1. The first-order chi connectivity index (χ1) is 9.31. The van der Waals surface area contributed by atoms with Gasteiger partial charge in [-0.05, 0) is 31.7 Å². The van der Waals surface area contributed by atoms with Crippen LogP contribution in [0.1, 0.15) is 18.5 Å². The van der Waals surface area contributed by atoms with E-state index < -0.39 is 0 Å². The second kappa shape index (κ2) is 5.38. The molecule has 0 bridgehead atoms. The molecule has 2 aromatic heterocycles. The Morgan fingerprint density at radius 2 is 2.05 bits per heavy atom. The average Bonchev–Trinajstić information content (AvgIpc) is 2.94. The molecule has 1 fully saturated rings. The normalized spacial score (nSPS) is 16.8. The summed E-state index contributed by atoms with van der Waals surface area (Å²) in [6, 6.07) is 1.98. The Labute approximate surface area is 113 Å². The largest absolute Gasteiger partial charge is 0.355 e. The zero-order valence-electron chi connectivity index (χ0n) is 11.2. The van der Waals surface area contributed by atoms with E-state index in [9.17, 15) is 0 Å². The molecule has 5 nitrogen and oxygen atoms in total. The van der Waals surface area contributed by atoms with Crippen LogP contribution in [-0.4, -0.2) is 32.8 Å². The van der Waals surface area contributed by atoms with Crippen molar-refractivity contribution < 1.29 is 0 Å². The lowest BCUT2D eigenvalue weighted by Gasteiger charge is -2.32. The van der Waals surface area contributed by atoms with Gasteiger partial charge in [0.2, 0.25) is 0 Å². The fourth-order valence-electron chi connectivity index (χ4n) is 2.57. The van der Waals surface area contributed by atoms with Crippen LogP contribution in [0.4, 0.5) is 5.82 Å². The summed E-state index contributed by atoms with van der Waals surface area (Å²) in [6.45, 7) is 5.11. The molecule has 100 valence electrons. The summed E-state index contributed by atoms with van der Waals surface area (Å²) in [7, 11) is 0. The van der Waals surface area contributed by atoms with Crippen LogP contribution in [-0.2, 0) is 6.54 Å². The van der Waals surface area contributed by atoms with Gasteiger partial charge in [0.25, 0.3) is 0 Å². The Kier molecular flexibility index (Phi) is 3.44. The molecule has 19 heavy (non-hydrogen) atoms. The summed E-state index contributed by atoms with van der Waals surface area (Å²) >= 11 is 0. The van der Waals surface area contributed by atoms with Gasteiger partial charge in [0.1, 0.15) is 5.82 Å². The van der Waals surface area contributed by atoms with Gasteiger partial charge < -0.3 is 4.90 Å². The van der Waals surface area contributed by atoms with Gasteiger partial charge in [-0.2, -0.15) is 5.10 Å². The third-order valence-corrected chi connectivity index (χ3v) is 3.71. The van der Waals surface area contributed by atoms with Gasteiger partial charge in [0, 0.05) is 32.0 Å². The lowest BCUT2D eigenvalue weighted by molar-refractivity contribution is 0.341. The highest BCUT2D eigenvalue weighted by Gasteiger charge is 2.20. The van der Waals surface area contributed by atoms with Crippen LogP contribution in [0, 0.1) is 12.8 Å². The standard InChI is InChI=1S/C14H19N5/c1-12-9-16-14(10-15-12)18-7-3-13(4-8-18)11-19-6-2-5-17-19/h2,5-6,9-10,13H,3-4,7-8,11H2,1H3. The van der Waals surface area contributed by atoms with Crippen molar-refractivity contribution in [3.05, 3.63) is 36.5 Å². The molecule has 1 aliphatic rings.